The summed E-state index contributed by atoms with van der Waals surface area (Å²) in [5.74, 6) is 2.11. The predicted octanol–water partition coefficient (Wildman–Crippen LogP) is 3.60. The third kappa shape index (κ3) is 2.42. The molecule has 0 radical (unpaired) electrons. The van der Waals surface area contributed by atoms with Gasteiger partial charge in [0.15, 0.2) is 0 Å². The molecule has 0 saturated heterocycles. The Bertz CT molecular complexity index is 294. The van der Waals surface area contributed by atoms with Gasteiger partial charge in [0.25, 0.3) is 0 Å². The third-order valence-corrected chi connectivity index (χ3v) is 2.51. The van der Waals surface area contributed by atoms with E-state index in [4.69, 9.17) is 16.3 Å². The van der Waals surface area contributed by atoms with Gasteiger partial charge in [0.2, 0.25) is 0 Å². The van der Waals surface area contributed by atoms with E-state index in [1.165, 1.54) is 11.1 Å². The second-order valence-electron chi connectivity index (χ2n) is 3.63. The number of hydrogen-bond donors (Lipinski definition) is 0. The zero-order valence-corrected chi connectivity index (χ0v) is 9.77. The monoisotopic (exact) mass is 212 g/mol. The van der Waals surface area contributed by atoms with Crippen molar-refractivity contribution >= 4 is 11.6 Å². The minimum absolute atomic E-state index is 0.476. The number of alkyl halides is 1. The van der Waals surface area contributed by atoms with Gasteiger partial charge in [0.1, 0.15) is 5.75 Å². The van der Waals surface area contributed by atoms with Gasteiger partial charge in [-0.1, -0.05) is 26.0 Å². The molecule has 0 aromatic heterocycles. The van der Waals surface area contributed by atoms with E-state index in [9.17, 15) is 0 Å². The van der Waals surface area contributed by atoms with E-state index >= 15 is 0 Å². The van der Waals surface area contributed by atoms with Crippen LogP contribution in [-0.4, -0.2) is 13.0 Å². The summed E-state index contributed by atoms with van der Waals surface area (Å²) in [5.41, 5.74) is 2.59. The van der Waals surface area contributed by atoms with E-state index in [0.29, 0.717) is 11.8 Å². The molecule has 0 amide bonds. The standard InChI is InChI=1S/C12H17ClO/c1-9(2)12-10(7-8-13)5-4-6-11(12)14-3/h4-6,9H,7-8H2,1-3H3. The number of benzene rings is 1. The molecule has 1 nitrogen and oxygen atoms in total. The lowest BCUT2D eigenvalue weighted by molar-refractivity contribution is 0.406. The SMILES string of the molecule is COc1cccc(CCCl)c1C(C)C. The minimum atomic E-state index is 0.476. The molecule has 0 heterocycles. The van der Waals surface area contributed by atoms with Crippen LogP contribution in [0.3, 0.4) is 0 Å². The molecule has 78 valence electrons. The maximum absolute atomic E-state index is 5.77. The average Bonchev–Trinajstić information content (AvgIpc) is 2.17. The van der Waals surface area contributed by atoms with Gasteiger partial charge in [-0.2, -0.15) is 0 Å². The largest absolute Gasteiger partial charge is 0.496 e. The Morgan fingerprint density at radius 3 is 2.57 bits per heavy atom. The van der Waals surface area contributed by atoms with Crippen LogP contribution >= 0.6 is 11.6 Å². The highest BCUT2D eigenvalue weighted by atomic mass is 35.5. The van der Waals surface area contributed by atoms with E-state index in [1.54, 1.807) is 7.11 Å². The molecule has 0 spiro atoms. The fourth-order valence-electron chi connectivity index (χ4n) is 1.74. The van der Waals surface area contributed by atoms with Gasteiger partial charge in [0, 0.05) is 5.88 Å². The average molecular weight is 213 g/mol. The van der Waals surface area contributed by atoms with Crippen molar-refractivity contribution in [3.63, 3.8) is 0 Å². The van der Waals surface area contributed by atoms with E-state index in [0.717, 1.165) is 12.2 Å². The highest BCUT2D eigenvalue weighted by molar-refractivity contribution is 6.18. The van der Waals surface area contributed by atoms with Crippen LogP contribution in [0, 0.1) is 0 Å². The summed E-state index contributed by atoms with van der Waals surface area (Å²) in [6.45, 7) is 4.35. The van der Waals surface area contributed by atoms with Crippen molar-refractivity contribution < 1.29 is 4.74 Å². The summed E-state index contributed by atoms with van der Waals surface area (Å²) in [4.78, 5) is 0. The molecule has 0 aliphatic carbocycles. The minimum Gasteiger partial charge on any atom is -0.496 e. The second kappa shape index (κ2) is 5.26. The molecule has 0 unspecified atom stereocenters. The van der Waals surface area contributed by atoms with E-state index in [1.807, 2.05) is 12.1 Å². The molecular weight excluding hydrogens is 196 g/mol. The van der Waals surface area contributed by atoms with Crippen molar-refractivity contribution in [2.45, 2.75) is 26.2 Å². The zero-order valence-electron chi connectivity index (χ0n) is 9.01. The van der Waals surface area contributed by atoms with Crippen LogP contribution in [0.2, 0.25) is 0 Å². The summed E-state index contributed by atoms with van der Waals surface area (Å²) in [6.07, 6.45) is 0.909. The lowest BCUT2D eigenvalue weighted by Gasteiger charge is -2.16. The first-order valence-corrected chi connectivity index (χ1v) is 5.46. The smallest absolute Gasteiger partial charge is 0.122 e. The number of methoxy groups -OCH3 is 1. The maximum Gasteiger partial charge on any atom is 0.122 e. The molecule has 1 rings (SSSR count). The number of rotatable bonds is 4. The molecule has 14 heavy (non-hydrogen) atoms. The Kier molecular flexibility index (Phi) is 4.27. The van der Waals surface area contributed by atoms with Crippen LogP contribution < -0.4 is 4.74 Å². The van der Waals surface area contributed by atoms with Crippen molar-refractivity contribution in [2.24, 2.45) is 0 Å². The van der Waals surface area contributed by atoms with Crippen LogP contribution in [-0.2, 0) is 6.42 Å². The van der Waals surface area contributed by atoms with Crippen LogP contribution in [0.5, 0.6) is 5.75 Å². The Balaban J connectivity index is 3.14. The van der Waals surface area contributed by atoms with Crippen LogP contribution in [0.4, 0.5) is 0 Å². The Hall–Kier alpha value is -0.690. The van der Waals surface area contributed by atoms with Crippen molar-refractivity contribution in [1.82, 2.24) is 0 Å². The normalized spacial score (nSPS) is 10.6. The van der Waals surface area contributed by atoms with Crippen LogP contribution in [0.15, 0.2) is 18.2 Å². The predicted molar refractivity (Wildman–Crippen MR) is 61.5 cm³/mol. The molecule has 0 fully saturated rings. The number of hydrogen-bond acceptors (Lipinski definition) is 1. The first kappa shape index (κ1) is 11.4. The Morgan fingerprint density at radius 1 is 1.36 bits per heavy atom. The van der Waals surface area contributed by atoms with Crippen molar-refractivity contribution in [1.29, 1.82) is 0 Å². The fourth-order valence-corrected chi connectivity index (χ4v) is 1.95. The number of ether oxygens (including phenoxy) is 1. The molecule has 0 saturated carbocycles. The Morgan fingerprint density at radius 2 is 2.07 bits per heavy atom. The van der Waals surface area contributed by atoms with Crippen molar-refractivity contribution in [3.05, 3.63) is 29.3 Å². The highest BCUT2D eigenvalue weighted by Gasteiger charge is 2.11. The number of halogens is 1. The molecule has 0 bridgehead atoms. The summed E-state index contributed by atoms with van der Waals surface area (Å²) in [5, 5.41) is 0. The second-order valence-corrected chi connectivity index (χ2v) is 4.00. The van der Waals surface area contributed by atoms with Gasteiger partial charge in [-0.3, -0.25) is 0 Å². The van der Waals surface area contributed by atoms with Crippen molar-refractivity contribution in [2.75, 3.05) is 13.0 Å². The van der Waals surface area contributed by atoms with Gasteiger partial charge in [0.05, 0.1) is 7.11 Å². The van der Waals surface area contributed by atoms with Gasteiger partial charge >= 0.3 is 0 Å². The molecule has 0 atom stereocenters. The van der Waals surface area contributed by atoms with Crippen LogP contribution in [0.25, 0.3) is 0 Å². The molecule has 0 aliphatic rings. The van der Waals surface area contributed by atoms with E-state index in [2.05, 4.69) is 19.9 Å². The lowest BCUT2D eigenvalue weighted by atomic mass is 9.95. The quantitative estimate of drug-likeness (QED) is 0.693. The molecule has 0 N–H and O–H groups in total. The summed E-state index contributed by atoms with van der Waals surface area (Å²) in [6, 6.07) is 6.15. The van der Waals surface area contributed by atoms with E-state index < -0.39 is 0 Å². The van der Waals surface area contributed by atoms with Crippen molar-refractivity contribution in [3.8, 4) is 5.75 Å². The molecule has 0 aliphatic heterocycles. The summed E-state index contributed by atoms with van der Waals surface area (Å²) in [7, 11) is 1.71. The first-order valence-electron chi connectivity index (χ1n) is 4.92. The molecule has 2 heteroatoms. The number of aryl methyl sites for hydroxylation is 1. The van der Waals surface area contributed by atoms with Gasteiger partial charge in [-0.25, -0.2) is 0 Å². The van der Waals surface area contributed by atoms with Crippen LogP contribution in [0.1, 0.15) is 30.9 Å². The fraction of sp³-hybridized carbons (Fsp3) is 0.500. The first-order chi connectivity index (χ1) is 6.70. The highest BCUT2D eigenvalue weighted by Crippen LogP contribution is 2.30. The molecule has 1 aromatic rings. The van der Waals surface area contributed by atoms with E-state index in [-0.39, 0.29) is 0 Å². The van der Waals surface area contributed by atoms with Gasteiger partial charge in [-0.05, 0) is 29.5 Å². The maximum atomic E-state index is 5.77. The third-order valence-electron chi connectivity index (χ3n) is 2.32. The zero-order chi connectivity index (χ0) is 10.6. The Labute approximate surface area is 91.0 Å². The topological polar surface area (TPSA) is 9.23 Å². The van der Waals surface area contributed by atoms with Gasteiger partial charge < -0.3 is 4.74 Å². The molecule has 1 aromatic carbocycles. The van der Waals surface area contributed by atoms with Gasteiger partial charge in [-0.15, -0.1) is 11.6 Å². The summed E-state index contributed by atoms with van der Waals surface area (Å²) < 4.78 is 5.35. The lowest BCUT2D eigenvalue weighted by Crippen LogP contribution is -2.00. The molecular formula is C12H17ClO. The summed E-state index contributed by atoms with van der Waals surface area (Å²) >= 11 is 5.77.